The van der Waals surface area contributed by atoms with Gasteiger partial charge in [-0.2, -0.15) is 0 Å². The van der Waals surface area contributed by atoms with E-state index in [-0.39, 0.29) is 41.8 Å². The highest BCUT2D eigenvalue weighted by Crippen LogP contribution is 2.36. The summed E-state index contributed by atoms with van der Waals surface area (Å²) in [4.78, 5) is 26.8. The van der Waals surface area contributed by atoms with Crippen molar-refractivity contribution >= 4 is 23.0 Å². The molecule has 10 heteroatoms. The molecule has 1 heterocycles. The summed E-state index contributed by atoms with van der Waals surface area (Å²) in [6.07, 6.45) is 0. The van der Waals surface area contributed by atoms with Crippen LogP contribution in [0.4, 0.5) is 21.5 Å². The summed E-state index contributed by atoms with van der Waals surface area (Å²) >= 11 is 0. The molecule has 29 heavy (non-hydrogen) atoms. The van der Waals surface area contributed by atoms with Gasteiger partial charge in [-0.1, -0.05) is 0 Å². The molecule has 0 saturated carbocycles. The number of benzene rings is 2. The molecule has 0 fully saturated rings. The van der Waals surface area contributed by atoms with E-state index in [0.717, 1.165) is 6.07 Å². The average Bonchev–Trinajstić information content (AvgIpc) is 2.68. The number of halogens is 1. The highest BCUT2D eigenvalue weighted by Gasteiger charge is 2.30. The number of carbonyl (C=O) groups excluding carboxylic acids is 1. The zero-order valence-corrected chi connectivity index (χ0v) is 16.3. The number of rotatable bonds is 7. The molecule has 0 bridgehead atoms. The third kappa shape index (κ3) is 4.21. The van der Waals surface area contributed by atoms with Crippen LogP contribution in [-0.4, -0.2) is 56.8 Å². The second-order valence-electron chi connectivity index (χ2n) is 6.65. The number of hydrogen-bond donors (Lipinski definition) is 1. The van der Waals surface area contributed by atoms with E-state index in [1.807, 2.05) is 19.0 Å². The minimum atomic E-state index is -0.582. The zero-order valence-electron chi connectivity index (χ0n) is 16.3. The summed E-state index contributed by atoms with van der Waals surface area (Å²) in [5, 5.41) is 14.0. The van der Waals surface area contributed by atoms with Gasteiger partial charge in [-0.25, -0.2) is 4.39 Å². The summed E-state index contributed by atoms with van der Waals surface area (Å²) in [6.45, 7) is 0.686. The molecule has 0 aromatic heterocycles. The summed E-state index contributed by atoms with van der Waals surface area (Å²) in [7, 11) is 5.28. The van der Waals surface area contributed by atoms with Gasteiger partial charge in [0.05, 0.1) is 21.9 Å². The highest BCUT2D eigenvalue weighted by atomic mass is 19.1. The highest BCUT2D eigenvalue weighted by molar-refractivity contribution is 6.09. The van der Waals surface area contributed by atoms with Crippen molar-refractivity contribution in [3.63, 3.8) is 0 Å². The van der Waals surface area contributed by atoms with Gasteiger partial charge in [-0.05, 0) is 26.2 Å². The van der Waals surface area contributed by atoms with E-state index < -0.39 is 16.6 Å². The third-order valence-electron chi connectivity index (χ3n) is 4.41. The minimum Gasteiger partial charge on any atom is -0.485 e. The molecule has 2 aromatic rings. The standard InChI is InChI=1S/C19H21FN4O5/c1-21-15-10-17-13(9-14(15)20)19(25)23(11-29-17)12-4-5-16(24(26)27)18(8-12)28-7-6-22(2)3/h4-5,8-10,21H,6-7,11H2,1-3H3. The fourth-order valence-corrected chi connectivity index (χ4v) is 2.84. The number of likely N-dealkylation sites (N-methyl/N-ethyl adjacent to an activating group) is 1. The Labute approximate surface area is 166 Å². The lowest BCUT2D eigenvalue weighted by Gasteiger charge is -2.29. The predicted molar refractivity (Wildman–Crippen MR) is 105 cm³/mol. The van der Waals surface area contributed by atoms with Crippen LogP contribution >= 0.6 is 0 Å². The van der Waals surface area contributed by atoms with Crippen LogP contribution in [0, 0.1) is 15.9 Å². The molecular formula is C19H21FN4O5. The summed E-state index contributed by atoms with van der Waals surface area (Å²) in [5.41, 5.74) is 0.435. The second-order valence-corrected chi connectivity index (χ2v) is 6.65. The zero-order chi connectivity index (χ0) is 21.1. The fraction of sp³-hybridized carbons (Fsp3) is 0.316. The number of nitrogens with zero attached hydrogens (tertiary/aromatic N) is 3. The first-order valence-corrected chi connectivity index (χ1v) is 8.83. The van der Waals surface area contributed by atoms with Crippen LogP contribution < -0.4 is 19.7 Å². The van der Waals surface area contributed by atoms with Crippen LogP contribution in [0.25, 0.3) is 0 Å². The monoisotopic (exact) mass is 404 g/mol. The molecule has 0 radical (unpaired) electrons. The molecule has 2 aromatic carbocycles. The van der Waals surface area contributed by atoms with E-state index in [4.69, 9.17) is 9.47 Å². The number of nitrogens with one attached hydrogen (secondary N) is 1. The van der Waals surface area contributed by atoms with Gasteiger partial charge in [0, 0.05) is 31.8 Å². The van der Waals surface area contributed by atoms with Gasteiger partial charge in [-0.15, -0.1) is 0 Å². The number of nitro benzene ring substituents is 1. The molecule has 1 aliphatic heterocycles. The number of carbonyl (C=O) groups is 1. The molecule has 3 rings (SSSR count). The second kappa shape index (κ2) is 8.31. The van der Waals surface area contributed by atoms with Gasteiger partial charge in [0.1, 0.15) is 18.2 Å². The van der Waals surface area contributed by atoms with Crippen LogP contribution in [0.2, 0.25) is 0 Å². The SMILES string of the molecule is CNc1cc2c(cc1F)C(=O)N(c1ccc([N+](=O)[O-])c(OCCN(C)C)c1)CO2. The van der Waals surface area contributed by atoms with Crippen LogP contribution in [0.5, 0.6) is 11.5 Å². The molecule has 1 amide bonds. The molecule has 0 spiro atoms. The van der Waals surface area contributed by atoms with Crippen molar-refractivity contribution in [2.24, 2.45) is 0 Å². The van der Waals surface area contributed by atoms with E-state index in [2.05, 4.69) is 5.32 Å². The number of ether oxygens (including phenoxy) is 2. The van der Waals surface area contributed by atoms with E-state index in [9.17, 15) is 19.3 Å². The van der Waals surface area contributed by atoms with Gasteiger partial charge in [0.15, 0.2) is 12.5 Å². The number of hydrogen-bond acceptors (Lipinski definition) is 7. The lowest BCUT2D eigenvalue weighted by molar-refractivity contribution is -0.385. The van der Waals surface area contributed by atoms with Crippen LogP contribution in [0.15, 0.2) is 30.3 Å². The van der Waals surface area contributed by atoms with Gasteiger partial charge >= 0.3 is 5.69 Å². The third-order valence-corrected chi connectivity index (χ3v) is 4.41. The Kier molecular flexibility index (Phi) is 5.83. The summed E-state index contributed by atoms with van der Waals surface area (Å²) in [6, 6.07) is 6.65. The van der Waals surface area contributed by atoms with Crippen LogP contribution in [0.1, 0.15) is 10.4 Å². The van der Waals surface area contributed by atoms with E-state index in [1.165, 1.54) is 29.2 Å². The number of anilines is 2. The molecule has 0 aliphatic carbocycles. The van der Waals surface area contributed by atoms with E-state index >= 15 is 0 Å². The largest absolute Gasteiger partial charge is 0.485 e. The average molecular weight is 404 g/mol. The molecule has 1 N–H and O–H groups in total. The normalized spacial score (nSPS) is 13.1. The molecule has 154 valence electrons. The van der Waals surface area contributed by atoms with Gasteiger partial charge in [-0.3, -0.25) is 19.8 Å². The first-order chi connectivity index (χ1) is 13.8. The topological polar surface area (TPSA) is 97.2 Å². The smallest absolute Gasteiger partial charge is 0.311 e. The lowest BCUT2D eigenvalue weighted by atomic mass is 10.1. The number of amides is 1. The van der Waals surface area contributed by atoms with Crippen molar-refractivity contribution in [1.82, 2.24) is 4.90 Å². The Morgan fingerprint density at radius 2 is 2.10 bits per heavy atom. The fourth-order valence-electron chi connectivity index (χ4n) is 2.84. The quantitative estimate of drug-likeness (QED) is 0.560. The molecule has 0 unspecified atom stereocenters. The minimum absolute atomic E-state index is 0.0460. The van der Waals surface area contributed by atoms with E-state index in [0.29, 0.717) is 12.2 Å². The first kappa shape index (κ1) is 20.3. The van der Waals surface area contributed by atoms with Crippen molar-refractivity contribution in [3.8, 4) is 11.5 Å². The molecular weight excluding hydrogens is 383 g/mol. The Balaban J connectivity index is 1.91. The first-order valence-electron chi connectivity index (χ1n) is 8.83. The Morgan fingerprint density at radius 3 is 2.76 bits per heavy atom. The van der Waals surface area contributed by atoms with Crippen molar-refractivity contribution in [2.45, 2.75) is 0 Å². The molecule has 1 aliphatic rings. The van der Waals surface area contributed by atoms with Crippen molar-refractivity contribution in [2.75, 3.05) is 51.2 Å². The van der Waals surface area contributed by atoms with Crippen molar-refractivity contribution in [3.05, 3.63) is 51.8 Å². The Bertz CT molecular complexity index is 950. The number of nitro groups is 1. The number of fused-ring (bicyclic) bond motifs is 1. The summed E-state index contributed by atoms with van der Waals surface area (Å²) < 4.78 is 25.3. The predicted octanol–water partition coefficient (Wildman–Crippen LogP) is 2.71. The van der Waals surface area contributed by atoms with Crippen LogP contribution in [-0.2, 0) is 0 Å². The molecule has 9 nitrogen and oxygen atoms in total. The van der Waals surface area contributed by atoms with Gasteiger partial charge in [0.25, 0.3) is 5.91 Å². The Morgan fingerprint density at radius 1 is 1.34 bits per heavy atom. The van der Waals surface area contributed by atoms with E-state index in [1.54, 1.807) is 7.05 Å². The van der Waals surface area contributed by atoms with Gasteiger partial charge in [0.2, 0.25) is 0 Å². The summed E-state index contributed by atoms with van der Waals surface area (Å²) in [5.74, 6) is -0.742. The maximum atomic E-state index is 14.1. The Hall–Kier alpha value is -3.40. The molecule has 0 saturated heterocycles. The molecule has 0 atom stereocenters. The van der Waals surface area contributed by atoms with Crippen molar-refractivity contribution in [1.29, 1.82) is 0 Å². The lowest BCUT2D eigenvalue weighted by Crippen LogP contribution is -2.38. The maximum absolute atomic E-state index is 14.1. The maximum Gasteiger partial charge on any atom is 0.311 e. The van der Waals surface area contributed by atoms with Gasteiger partial charge < -0.3 is 19.7 Å². The van der Waals surface area contributed by atoms with Crippen molar-refractivity contribution < 1.29 is 23.6 Å². The van der Waals surface area contributed by atoms with Crippen LogP contribution in [0.3, 0.4) is 0 Å².